The highest BCUT2D eigenvalue weighted by molar-refractivity contribution is 7.92. The van der Waals surface area contributed by atoms with Gasteiger partial charge in [-0.3, -0.25) is 4.72 Å². The van der Waals surface area contributed by atoms with Crippen molar-refractivity contribution in [3.05, 3.63) is 122 Å². The second-order valence-corrected chi connectivity index (χ2v) is 12.3. The van der Waals surface area contributed by atoms with Crippen LogP contribution >= 0.6 is 46.4 Å². The summed E-state index contributed by atoms with van der Waals surface area (Å²) in [6.07, 6.45) is 5.03. The molecule has 220 valence electrons. The molecule has 0 fully saturated rings. The third kappa shape index (κ3) is 8.87. The van der Waals surface area contributed by atoms with Gasteiger partial charge in [-0.2, -0.15) is 0 Å². The molecule has 3 aromatic carbocycles. The second kappa shape index (κ2) is 14.3. The molecule has 2 aromatic heterocycles. The second-order valence-electron chi connectivity index (χ2n) is 8.96. The van der Waals surface area contributed by atoms with E-state index in [1.165, 1.54) is 30.3 Å². The lowest BCUT2D eigenvalue weighted by Gasteiger charge is -2.21. The normalized spacial score (nSPS) is 11.9. The van der Waals surface area contributed by atoms with E-state index in [0.29, 0.717) is 44.7 Å². The standard InChI is InChI=1S/C18H14Cl4N2O.C10H11N3O3S/c19-13-2-1-12(16(21)7-13)10-25-18(9-24-6-5-23-11-24)15-4-3-14(20)8-17(15)22;1-7-6-10(12-16-7)13-17(14,15)9-4-2-8(11)3-5-9/h1-8,11,18H,9-10H2;2-6H,11H2,1H3,(H,12,13). The highest BCUT2D eigenvalue weighted by Crippen LogP contribution is 2.31. The molecule has 2 heterocycles. The van der Waals surface area contributed by atoms with Gasteiger partial charge in [0.15, 0.2) is 5.82 Å². The van der Waals surface area contributed by atoms with Gasteiger partial charge in [0.25, 0.3) is 10.0 Å². The number of anilines is 2. The van der Waals surface area contributed by atoms with Gasteiger partial charge in [0.2, 0.25) is 0 Å². The first kappa shape index (κ1) is 31.7. The van der Waals surface area contributed by atoms with E-state index >= 15 is 0 Å². The van der Waals surface area contributed by atoms with E-state index < -0.39 is 10.0 Å². The van der Waals surface area contributed by atoms with Crippen molar-refractivity contribution in [3.8, 4) is 0 Å². The maximum Gasteiger partial charge on any atom is 0.263 e. The molecule has 42 heavy (non-hydrogen) atoms. The van der Waals surface area contributed by atoms with Crippen molar-refractivity contribution >= 4 is 67.9 Å². The van der Waals surface area contributed by atoms with E-state index in [1.807, 2.05) is 22.9 Å². The Bertz CT molecular complexity index is 1730. The summed E-state index contributed by atoms with van der Waals surface area (Å²) in [5.41, 5.74) is 7.69. The quantitative estimate of drug-likeness (QED) is 0.153. The topological polar surface area (TPSA) is 125 Å². The minimum atomic E-state index is -3.64. The van der Waals surface area contributed by atoms with E-state index in [9.17, 15) is 8.42 Å². The fraction of sp³-hybridized carbons (Fsp3) is 0.143. The molecule has 0 bridgehead atoms. The molecule has 1 atom stereocenters. The zero-order valence-corrected chi connectivity index (χ0v) is 25.9. The number of nitrogens with one attached hydrogen (secondary N) is 1. The lowest BCUT2D eigenvalue weighted by molar-refractivity contribution is 0.0281. The minimum absolute atomic E-state index is 0.118. The van der Waals surface area contributed by atoms with E-state index in [2.05, 4.69) is 14.9 Å². The van der Waals surface area contributed by atoms with Crippen molar-refractivity contribution in [2.24, 2.45) is 0 Å². The summed E-state index contributed by atoms with van der Waals surface area (Å²) in [4.78, 5) is 4.18. The number of aryl methyl sites for hydroxylation is 1. The van der Waals surface area contributed by atoms with E-state index in [4.69, 9.17) is 61.4 Å². The van der Waals surface area contributed by atoms with Crippen LogP contribution in [-0.2, 0) is 27.9 Å². The van der Waals surface area contributed by atoms with Crippen LogP contribution in [0.4, 0.5) is 11.5 Å². The number of nitrogens with zero attached hydrogens (tertiary/aromatic N) is 3. The predicted octanol–water partition coefficient (Wildman–Crippen LogP) is 7.82. The number of sulfonamides is 1. The van der Waals surface area contributed by atoms with Gasteiger partial charge in [-0.25, -0.2) is 13.4 Å². The van der Waals surface area contributed by atoms with Gasteiger partial charge in [0, 0.05) is 49.8 Å². The molecule has 0 aliphatic rings. The Labute approximate surface area is 263 Å². The molecule has 5 rings (SSSR count). The van der Waals surface area contributed by atoms with Crippen molar-refractivity contribution in [1.29, 1.82) is 0 Å². The van der Waals surface area contributed by atoms with Crippen LogP contribution in [-0.4, -0.2) is 23.1 Å². The van der Waals surface area contributed by atoms with Crippen molar-refractivity contribution in [3.63, 3.8) is 0 Å². The highest BCUT2D eigenvalue weighted by Gasteiger charge is 2.18. The van der Waals surface area contributed by atoms with Gasteiger partial charge >= 0.3 is 0 Å². The van der Waals surface area contributed by atoms with Crippen LogP contribution < -0.4 is 10.5 Å². The number of imidazole rings is 1. The summed E-state index contributed by atoms with van der Waals surface area (Å²) in [7, 11) is -3.64. The van der Waals surface area contributed by atoms with Crippen LogP contribution in [0.5, 0.6) is 0 Å². The van der Waals surface area contributed by atoms with Crippen LogP contribution in [0.3, 0.4) is 0 Å². The summed E-state index contributed by atoms with van der Waals surface area (Å²) >= 11 is 24.5. The van der Waals surface area contributed by atoms with Crippen LogP contribution in [0.1, 0.15) is 23.0 Å². The number of aromatic nitrogens is 3. The Morgan fingerprint density at radius 1 is 0.976 bits per heavy atom. The lowest BCUT2D eigenvalue weighted by atomic mass is 10.1. The molecular formula is C28H25Cl4N5O4S. The number of ether oxygens (including phenoxy) is 1. The van der Waals surface area contributed by atoms with Gasteiger partial charge in [-0.1, -0.05) is 63.7 Å². The number of benzene rings is 3. The smallest absolute Gasteiger partial charge is 0.263 e. The zero-order chi connectivity index (χ0) is 30.3. The number of halogens is 4. The van der Waals surface area contributed by atoms with Crippen molar-refractivity contribution in [1.82, 2.24) is 14.7 Å². The zero-order valence-electron chi connectivity index (χ0n) is 22.0. The number of nitrogens with two attached hydrogens (primary N) is 1. The molecule has 0 spiro atoms. The Morgan fingerprint density at radius 3 is 2.26 bits per heavy atom. The van der Waals surface area contributed by atoms with Crippen LogP contribution in [0.25, 0.3) is 0 Å². The van der Waals surface area contributed by atoms with E-state index in [-0.39, 0.29) is 16.8 Å². The SMILES string of the molecule is Cc1cc(NS(=O)(=O)c2ccc(N)cc2)no1.Clc1ccc(COC(Cn2ccnc2)c2ccc(Cl)cc2Cl)c(Cl)c1. The van der Waals surface area contributed by atoms with Crippen LogP contribution in [0.15, 0.2) is 94.9 Å². The average Bonchev–Trinajstić information content (AvgIpc) is 3.59. The summed E-state index contributed by atoms with van der Waals surface area (Å²) in [5, 5.41) is 5.84. The fourth-order valence-corrected chi connectivity index (χ4v) is 5.65. The van der Waals surface area contributed by atoms with Crippen LogP contribution in [0.2, 0.25) is 20.1 Å². The molecule has 0 amide bonds. The largest absolute Gasteiger partial charge is 0.399 e. The van der Waals surface area contributed by atoms with Gasteiger partial charge < -0.3 is 19.6 Å². The fourth-order valence-electron chi connectivity index (χ4n) is 3.68. The molecule has 14 heteroatoms. The molecule has 0 saturated heterocycles. The first-order valence-corrected chi connectivity index (χ1v) is 15.3. The average molecular weight is 669 g/mol. The van der Waals surface area contributed by atoms with Gasteiger partial charge in [-0.05, 0) is 61.0 Å². The summed E-state index contributed by atoms with van der Waals surface area (Å²) < 4.78 is 38.9. The monoisotopic (exact) mass is 667 g/mol. The van der Waals surface area contributed by atoms with E-state index in [0.717, 1.165) is 11.1 Å². The van der Waals surface area contributed by atoms with Crippen molar-refractivity contribution in [2.45, 2.75) is 31.1 Å². The predicted molar refractivity (Wildman–Crippen MR) is 166 cm³/mol. The minimum Gasteiger partial charge on any atom is -0.399 e. The molecule has 0 radical (unpaired) electrons. The molecule has 5 aromatic rings. The number of hydrogen-bond acceptors (Lipinski definition) is 7. The third-order valence-electron chi connectivity index (χ3n) is 5.76. The van der Waals surface area contributed by atoms with Crippen molar-refractivity contribution in [2.75, 3.05) is 10.5 Å². The maximum atomic E-state index is 11.9. The molecule has 0 aliphatic heterocycles. The molecular weight excluding hydrogens is 644 g/mol. The first-order chi connectivity index (χ1) is 20.0. The highest BCUT2D eigenvalue weighted by atomic mass is 35.5. The lowest BCUT2D eigenvalue weighted by Crippen LogP contribution is -2.13. The maximum absolute atomic E-state index is 11.9. The third-order valence-corrected chi connectivity index (χ3v) is 8.28. The number of rotatable bonds is 9. The number of hydrogen-bond donors (Lipinski definition) is 2. The first-order valence-electron chi connectivity index (χ1n) is 12.3. The van der Waals surface area contributed by atoms with Gasteiger partial charge in [0.05, 0.1) is 24.4 Å². The Morgan fingerprint density at radius 2 is 1.67 bits per heavy atom. The van der Waals surface area contributed by atoms with Crippen molar-refractivity contribution < 1.29 is 17.7 Å². The Kier molecular flexibility index (Phi) is 10.8. The van der Waals surface area contributed by atoms with Gasteiger partial charge in [0.1, 0.15) is 11.9 Å². The molecule has 3 N–H and O–H groups in total. The molecule has 0 aliphatic carbocycles. The van der Waals surface area contributed by atoms with Crippen LogP contribution in [0, 0.1) is 6.92 Å². The summed E-state index contributed by atoms with van der Waals surface area (Å²) in [5.74, 6) is 0.680. The Balaban J connectivity index is 0.000000208. The summed E-state index contributed by atoms with van der Waals surface area (Å²) in [6.45, 7) is 2.56. The van der Waals surface area contributed by atoms with Gasteiger partial charge in [-0.15, -0.1) is 0 Å². The number of nitrogen functional groups attached to an aromatic ring is 1. The molecule has 9 nitrogen and oxygen atoms in total. The van der Waals surface area contributed by atoms with E-state index in [1.54, 1.807) is 43.7 Å². The Hall–Kier alpha value is -3.25. The molecule has 0 saturated carbocycles. The summed E-state index contributed by atoms with van der Waals surface area (Å²) in [6, 6.07) is 18.1. The molecule has 1 unspecified atom stereocenters.